The van der Waals surface area contributed by atoms with E-state index >= 15 is 0 Å². The molecule has 0 saturated carbocycles. The Bertz CT molecular complexity index is 800. The number of hydrogen-bond acceptors (Lipinski definition) is 3. The zero-order valence-corrected chi connectivity index (χ0v) is 12.9. The minimum Gasteiger partial charge on any atom is -0.493 e. The molecule has 0 radical (unpaired) electrons. The van der Waals surface area contributed by atoms with E-state index in [4.69, 9.17) is 22.1 Å². The van der Waals surface area contributed by atoms with Gasteiger partial charge in [0.2, 0.25) is 0 Å². The van der Waals surface area contributed by atoms with Gasteiger partial charge in [0.1, 0.15) is 11.5 Å². The number of anilines is 1. The Morgan fingerprint density at radius 1 is 1.35 bits per heavy atom. The highest BCUT2D eigenvalue weighted by Gasteiger charge is 2.16. The molecular weight excluding hydrogens is 342 g/mol. The fourth-order valence-electron chi connectivity index (χ4n) is 2.10. The van der Waals surface area contributed by atoms with Crippen molar-refractivity contribution in [3.05, 3.63) is 46.0 Å². The lowest BCUT2D eigenvalue weighted by molar-refractivity contribution is 0.417. The molecule has 0 amide bonds. The third-order valence-corrected chi connectivity index (χ3v) is 3.98. The maximum Gasteiger partial charge on any atom is 0.181 e. The number of fused-ring (bicyclic) bond motifs is 1. The molecule has 0 aliphatic carbocycles. The van der Waals surface area contributed by atoms with E-state index in [0.29, 0.717) is 27.9 Å². The third-order valence-electron chi connectivity index (χ3n) is 3.05. The second-order valence-corrected chi connectivity index (χ2v) is 5.53. The summed E-state index contributed by atoms with van der Waals surface area (Å²) in [5.74, 6) is 1.21. The molecule has 3 aromatic rings. The first kappa shape index (κ1) is 13.3. The molecule has 20 heavy (non-hydrogen) atoms. The Morgan fingerprint density at radius 3 is 2.90 bits per heavy atom. The lowest BCUT2D eigenvalue weighted by Gasteiger charge is -2.03. The van der Waals surface area contributed by atoms with Crippen LogP contribution in [0.15, 0.2) is 41.0 Å². The summed E-state index contributed by atoms with van der Waals surface area (Å²) in [5.41, 5.74) is 8.39. The minimum atomic E-state index is 0.543. The number of nitrogens with zero attached hydrogens (tertiary/aromatic N) is 2. The van der Waals surface area contributed by atoms with Crippen LogP contribution < -0.4 is 10.5 Å². The van der Waals surface area contributed by atoms with Crippen LogP contribution in [0.2, 0.25) is 5.02 Å². The molecule has 0 unspecified atom stereocenters. The highest BCUT2D eigenvalue weighted by atomic mass is 79.9. The van der Waals surface area contributed by atoms with Crippen LogP contribution in [0.25, 0.3) is 16.9 Å². The second-order valence-electron chi connectivity index (χ2n) is 4.24. The van der Waals surface area contributed by atoms with Crippen molar-refractivity contribution < 1.29 is 4.74 Å². The Balaban J connectivity index is 2.32. The van der Waals surface area contributed by atoms with Gasteiger partial charge in [0.15, 0.2) is 11.4 Å². The van der Waals surface area contributed by atoms with Crippen LogP contribution in [0.3, 0.4) is 0 Å². The molecule has 0 atom stereocenters. The van der Waals surface area contributed by atoms with Crippen molar-refractivity contribution in [2.24, 2.45) is 0 Å². The van der Waals surface area contributed by atoms with Gasteiger partial charge in [-0.05, 0) is 30.3 Å². The van der Waals surface area contributed by atoms with Gasteiger partial charge in [-0.1, -0.05) is 27.5 Å². The quantitative estimate of drug-likeness (QED) is 0.758. The average molecular weight is 353 g/mol. The van der Waals surface area contributed by atoms with E-state index in [1.54, 1.807) is 11.5 Å². The second kappa shape index (κ2) is 5.00. The van der Waals surface area contributed by atoms with Gasteiger partial charge in [-0.2, -0.15) is 0 Å². The maximum absolute atomic E-state index is 6.19. The molecule has 4 nitrogen and oxygen atoms in total. The third kappa shape index (κ3) is 2.03. The van der Waals surface area contributed by atoms with E-state index in [9.17, 15) is 0 Å². The standard InChI is InChI=1S/C14H11BrClN3O/c1-20-11-3-2-6-19-13(17)12(18-14(11)19)9-7-8(16)4-5-10(9)15/h2-7H,17H2,1H3. The van der Waals surface area contributed by atoms with Gasteiger partial charge >= 0.3 is 0 Å². The normalized spacial score (nSPS) is 10.9. The molecule has 1 aromatic carbocycles. The van der Waals surface area contributed by atoms with Crippen LogP contribution in [0.5, 0.6) is 5.75 Å². The number of aromatic nitrogens is 2. The van der Waals surface area contributed by atoms with Gasteiger partial charge in [0.05, 0.1) is 7.11 Å². The summed E-state index contributed by atoms with van der Waals surface area (Å²) in [4.78, 5) is 4.58. The number of rotatable bonds is 2. The molecule has 0 bridgehead atoms. The predicted molar refractivity (Wildman–Crippen MR) is 84.3 cm³/mol. The van der Waals surface area contributed by atoms with Crippen molar-refractivity contribution in [1.82, 2.24) is 9.38 Å². The summed E-state index contributed by atoms with van der Waals surface area (Å²) in [6.07, 6.45) is 1.85. The number of pyridine rings is 1. The molecule has 3 rings (SSSR count). The SMILES string of the molecule is COc1cccn2c(N)c(-c3cc(Cl)ccc3Br)nc12. The molecule has 0 spiro atoms. The number of nitrogens with two attached hydrogens (primary N) is 1. The monoisotopic (exact) mass is 351 g/mol. The number of halogens is 2. The van der Waals surface area contributed by atoms with E-state index < -0.39 is 0 Å². The summed E-state index contributed by atoms with van der Waals surface area (Å²) < 4.78 is 7.99. The first-order chi connectivity index (χ1) is 9.61. The zero-order chi connectivity index (χ0) is 14.3. The summed E-state index contributed by atoms with van der Waals surface area (Å²) in [6, 6.07) is 9.22. The van der Waals surface area contributed by atoms with Crippen LogP contribution in [-0.4, -0.2) is 16.5 Å². The number of nitrogen functional groups attached to an aromatic ring is 1. The van der Waals surface area contributed by atoms with Crippen LogP contribution in [0.4, 0.5) is 5.82 Å². The highest BCUT2D eigenvalue weighted by molar-refractivity contribution is 9.10. The van der Waals surface area contributed by atoms with E-state index in [2.05, 4.69) is 20.9 Å². The van der Waals surface area contributed by atoms with Crippen LogP contribution in [0.1, 0.15) is 0 Å². The largest absolute Gasteiger partial charge is 0.493 e. The Hall–Kier alpha value is -1.72. The molecule has 0 aliphatic heterocycles. The summed E-state index contributed by atoms with van der Waals surface area (Å²) in [6.45, 7) is 0. The van der Waals surface area contributed by atoms with Gasteiger partial charge in [-0.3, -0.25) is 4.40 Å². The summed E-state index contributed by atoms with van der Waals surface area (Å²) >= 11 is 9.55. The molecule has 0 aliphatic rings. The van der Waals surface area contributed by atoms with Gasteiger partial charge in [-0.15, -0.1) is 0 Å². The number of imidazole rings is 1. The molecule has 0 saturated heterocycles. The van der Waals surface area contributed by atoms with Crippen molar-refractivity contribution in [2.75, 3.05) is 12.8 Å². The zero-order valence-electron chi connectivity index (χ0n) is 10.6. The van der Waals surface area contributed by atoms with Crippen molar-refractivity contribution in [1.29, 1.82) is 0 Å². The van der Waals surface area contributed by atoms with Gasteiger partial charge < -0.3 is 10.5 Å². The number of benzene rings is 1. The lowest BCUT2D eigenvalue weighted by Crippen LogP contribution is -1.95. The molecule has 102 valence electrons. The Labute approximate surface area is 129 Å². The van der Waals surface area contributed by atoms with Crippen LogP contribution in [0, 0.1) is 0 Å². The van der Waals surface area contributed by atoms with E-state index in [0.717, 1.165) is 10.0 Å². The first-order valence-corrected chi connectivity index (χ1v) is 7.05. The Morgan fingerprint density at radius 2 is 2.15 bits per heavy atom. The molecule has 2 heterocycles. The van der Waals surface area contributed by atoms with E-state index in [1.807, 2.05) is 36.5 Å². The fourth-order valence-corrected chi connectivity index (χ4v) is 2.70. The van der Waals surface area contributed by atoms with Crippen LogP contribution >= 0.6 is 27.5 Å². The van der Waals surface area contributed by atoms with E-state index in [1.165, 1.54) is 0 Å². The predicted octanol–water partition coefficient (Wildman–Crippen LogP) is 4.01. The Kier molecular flexibility index (Phi) is 3.31. The van der Waals surface area contributed by atoms with Crippen molar-refractivity contribution >= 4 is 39.0 Å². The molecule has 0 fully saturated rings. The molecule has 2 N–H and O–H groups in total. The van der Waals surface area contributed by atoms with Crippen molar-refractivity contribution in [3.8, 4) is 17.0 Å². The van der Waals surface area contributed by atoms with Gasteiger partial charge in [-0.25, -0.2) is 4.98 Å². The van der Waals surface area contributed by atoms with Crippen molar-refractivity contribution in [2.45, 2.75) is 0 Å². The highest BCUT2D eigenvalue weighted by Crippen LogP contribution is 2.35. The van der Waals surface area contributed by atoms with Crippen LogP contribution in [-0.2, 0) is 0 Å². The summed E-state index contributed by atoms with van der Waals surface area (Å²) in [5, 5.41) is 0.631. The molecule has 6 heteroatoms. The molecular formula is C14H11BrClN3O. The number of hydrogen-bond donors (Lipinski definition) is 1. The maximum atomic E-state index is 6.19. The minimum absolute atomic E-state index is 0.543. The van der Waals surface area contributed by atoms with E-state index in [-0.39, 0.29) is 0 Å². The lowest BCUT2D eigenvalue weighted by atomic mass is 10.1. The first-order valence-electron chi connectivity index (χ1n) is 5.88. The topological polar surface area (TPSA) is 52.5 Å². The molecule has 2 aromatic heterocycles. The fraction of sp³-hybridized carbons (Fsp3) is 0.0714. The summed E-state index contributed by atoms with van der Waals surface area (Å²) in [7, 11) is 1.61. The van der Waals surface area contributed by atoms with Gasteiger partial charge in [0.25, 0.3) is 0 Å². The van der Waals surface area contributed by atoms with Crippen molar-refractivity contribution in [3.63, 3.8) is 0 Å². The van der Waals surface area contributed by atoms with Gasteiger partial charge in [0, 0.05) is 21.3 Å². The number of methoxy groups -OCH3 is 1. The smallest absolute Gasteiger partial charge is 0.181 e. The average Bonchev–Trinajstić information content (AvgIpc) is 2.79. The number of ether oxygens (including phenoxy) is 1.